The molecule has 0 saturated carbocycles. The number of hydrogen-bond donors (Lipinski definition) is 1. The molecule has 0 bridgehead atoms. The second-order valence-corrected chi connectivity index (χ2v) is 4.02. The molecule has 0 aliphatic heterocycles. The van der Waals surface area contributed by atoms with E-state index in [0.717, 1.165) is 38.2 Å². The van der Waals surface area contributed by atoms with Gasteiger partial charge in [0.1, 0.15) is 0 Å². The maximum Gasteiger partial charge on any atom is 0.0958 e. The highest BCUT2D eigenvalue weighted by Crippen LogP contribution is 2.10. The van der Waals surface area contributed by atoms with Gasteiger partial charge in [0.15, 0.2) is 0 Å². The molecule has 4 heteroatoms. The predicted molar refractivity (Wildman–Crippen MR) is 69.1 cm³/mol. The molecule has 0 amide bonds. The number of methoxy groups -OCH3 is 1. The van der Waals surface area contributed by atoms with Crippen molar-refractivity contribution in [1.29, 1.82) is 0 Å². The number of imidazole rings is 1. The van der Waals surface area contributed by atoms with Crippen molar-refractivity contribution in [3.63, 3.8) is 0 Å². The van der Waals surface area contributed by atoms with Crippen LogP contribution in [0.2, 0.25) is 0 Å². The standard InChI is InChI=1S/C13H19N3O/c1-17-10-4-7-14-8-9-16-11-15-12-5-2-3-6-13(12)16/h2-3,5-6,11,14H,4,7-10H2,1H3. The third-order valence-corrected chi connectivity index (χ3v) is 2.76. The van der Waals surface area contributed by atoms with Crippen LogP contribution in [0.5, 0.6) is 0 Å². The summed E-state index contributed by atoms with van der Waals surface area (Å²) in [5.41, 5.74) is 2.26. The van der Waals surface area contributed by atoms with Crippen LogP contribution in [0.1, 0.15) is 6.42 Å². The van der Waals surface area contributed by atoms with Gasteiger partial charge in [-0.25, -0.2) is 4.98 Å². The molecule has 4 nitrogen and oxygen atoms in total. The maximum absolute atomic E-state index is 5.00. The Labute approximate surface area is 102 Å². The quantitative estimate of drug-likeness (QED) is 0.739. The Morgan fingerprint density at radius 1 is 1.29 bits per heavy atom. The molecule has 0 spiro atoms. The fraction of sp³-hybridized carbons (Fsp3) is 0.462. The molecular formula is C13H19N3O. The third kappa shape index (κ3) is 3.28. The van der Waals surface area contributed by atoms with Gasteiger partial charge in [0.05, 0.1) is 17.4 Å². The van der Waals surface area contributed by atoms with E-state index in [9.17, 15) is 0 Å². The van der Waals surface area contributed by atoms with E-state index in [2.05, 4.69) is 20.9 Å². The number of nitrogens with zero attached hydrogens (tertiary/aromatic N) is 2. The van der Waals surface area contributed by atoms with E-state index in [1.807, 2.05) is 24.5 Å². The molecule has 0 radical (unpaired) electrons. The van der Waals surface area contributed by atoms with Crippen molar-refractivity contribution in [2.24, 2.45) is 0 Å². The van der Waals surface area contributed by atoms with Crippen molar-refractivity contribution >= 4 is 11.0 Å². The van der Waals surface area contributed by atoms with E-state index in [-0.39, 0.29) is 0 Å². The summed E-state index contributed by atoms with van der Waals surface area (Å²) in [6.07, 6.45) is 2.96. The lowest BCUT2D eigenvalue weighted by Gasteiger charge is -2.06. The lowest BCUT2D eigenvalue weighted by molar-refractivity contribution is 0.194. The van der Waals surface area contributed by atoms with Crippen molar-refractivity contribution in [1.82, 2.24) is 14.9 Å². The SMILES string of the molecule is COCCCNCCn1cnc2ccccc21. The number of ether oxygens (including phenoxy) is 1. The summed E-state index contributed by atoms with van der Waals surface area (Å²) in [4.78, 5) is 4.36. The van der Waals surface area contributed by atoms with E-state index in [1.54, 1.807) is 7.11 Å². The smallest absolute Gasteiger partial charge is 0.0958 e. The summed E-state index contributed by atoms with van der Waals surface area (Å²) in [6.45, 7) is 3.74. The van der Waals surface area contributed by atoms with Gasteiger partial charge in [-0.15, -0.1) is 0 Å². The number of benzene rings is 1. The summed E-state index contributed by atoms with van der Waals surface area (Å²) in [7, 11) is 1.73. The van der Waals surface area contributed by atoms with Crippen molar-refractivity contribution in [3.05, 3.63) is 30.6 Å². The zero-order chi connectivity index (χ0) is 11.9. The van der Waals surface area contributed by atoms with Gasteiger partial charge in [-0.2, -0.15) is 0 Å². The van der Waals surface area contributed by atoms with Gasteiger partial charge in [0.2, 0.25) is 0 Å². The van der Waals surface area contributed by atoms with Gasteiger partial charge < -0.3 is 14.6 Å². The van der Waals surface area contributed by atoms with Crippen LogP contribution in [0, 0.1) is 0 Å². The highest BCUT2D eigenvalue weighted by Gasteiger charge is 1.99. The molecular weight excluding hydrogens is 214 g/mol. The number of para-hydroxylation sites is 2. The topological polar surface area (TPSA) is 39.1 Å². The van der Waals surface area contributed by atoms with Gasteiger partial charge in [-0.3, -0.25) is 0 Å². The molecule has 0 fully saturated rings. The highest BCUT2D eigenvalue weighted by molar-refractivity contribution is 5.74. The Kier molecular flexibility index (Phi) is 4.53. The van der Waals surface area contributed by atoms with Gasteiger partial charge >= 0.3 is 0 Å². The zero-order valence-electron chi connectivity index (χ0n) is 10.2. The van der Waals surface area contributed by atoms with E-state index in [4.69, 9.17) is 4.74 Å². The van der Waals surface area contributed by atoms with E-state index in [1.165, 1.54) is 5.52 Å². The minimum atomic E-state index is 0.820. The Balaban J connectivity index is 1.79. The molecule has 1 aromatic heterocycles. The normalized spacial score (nSPS) is 11.1. The van der Waals surface area contributed by atoms with Crippen molar-refractivity contribution in [2.75, 3.05) is 26.8 Å². The summed E-state index contributed by atoms with van der Waals surface area (Å²) in [5, 5.41) is 3.39. The molecule has 0 saturated heterocycles. The molecule has 2 aromatic rings. The molecule has 17 heavy (non-hydrogen) atoms. The number of hydrogen-bond acceptors (Lipinski definition) is 3. The lowest BCUT2D eigenvalue weighted by atomic mass is 10.3. The summed E-state index contributed by atoms with van der Waals surface area (Å²) in [5.74, 6) is 0. The third-order valence-electron chi connectivity index (χ3n) is 2.76. The number of aromatic nitrogens is 2. The molecule has 92 valence electrons. The second-order valence-electron chi connectivity index (χ2n) is 4.02. The summed E-state index contributed by atoms with van der Waals surface area (Å²) < 4.78 is 7.18. The minimum Gasteiger partial charge on any atom is -0.385 e. The molecule has 0 aliphatic carbocycles. The van der Waals surface area contributed by atoms with Crippen LogP contribution in [-0.4, -0.2) is 36.4 Å². The molecule has 2 rings (SSSR count). The first-order valence-corrected chi connectivity index (χ1v) is 6.01. The van der Waals surface area contributed by atoms with E-state index < -0.39 is 0 Å². The average Bonchev–Trinajstić information content (AvgIpc) is 2.77. The van der Waals surface area contributed by atoms with Crippen LogP contribution in [0.4, 0.5) is 0 Å². The minimum absolute atomic E-state index is 0.820. The fourth-order valence-corrected chi connectivity index (χ4v) is 1.85. The van der Waals surface area contributed by atoms with Crippen LogP contribution >= 0.6 is 0 Å². The Morgan fingerprint density at radius 3 is 3.06 bits per heavy atom. The summed E-state index contributed by atoms with van der Waals surface area (Å²) in [6, 6.07) is 8.21. The molecule has 0 aliphatic rings. The molecule has 0 unspecified atom stereocenters. The largest absolute Gasteiger partial charge is 0.385 e. The first-order chi connectivity index (χ1) is 8.42. The van der Waals surface area contributed by atoms with Gasteiger partial charge in [-0.05, 0) is 25.1 Å². The van der Waals surface area contributed by atoms with Gasteiger partial charge in [0.25, 0.3) is 0 Å². The first kappa shape index (κ1) is 12.1. The van der Waals surface area contributed by atoms with E-state index in [0.29, 0.717) is 0 Å². The molecule has 1 aromatic carbocycles. The van der Waals surface area contributed by atoms with Crippen molar-refractivity contribution < 1.29 is 4.74 Å². The van der Waals surface area contributed by atoms with Crippen molar-refractivity contribution in [3.8, 4) is 0 Å². The fourth-order valence-electron chi connectivity index (χ4n) is 1.85. The van der Waals surface area contributed by atoms with Crippen molar-refractivity contribution in [2.45, 2.75) is 13.0 Å². The van der Waals surface area contributed by atoms with Crippen LogP contribution < -0.4 is 5.32 Å². The zero-order valence-corrected chi connectivity index (χ0v) is 10.2. The first-order valence-electron chi connectivity index (χ1n) is 6.01. The highest BCUT2D eigenvalue weighted by atomic mass is 16.5. The number of nitrogens with one attached hydrogen (secondary N) is 1. The van der Waals surface area contributed by atoms with Crippen LogP contribution in [0.15, 0.2) is 30.6 Å². The van der Waals surface area contributed by atoms with Crippen LogP contribution in [-0.2, 0) is 11.3 Å². The average molecular weight is 233 g/mol. The molecule has 0 atom stereocenters. The van der Waals surface area contributed by atoms with E-state index >= 15 is 0 Å². The van der Waals surface area contributed by atoms with Crippen LogP contribution in [0.3, 0.4) is 0 Å². The van der Waals surface area contributed by atoms with Gasteiger partial charge in [0, 0.05) is 26.8 Å². The Hall–Kier alpha value is -1.39. The maximum atomic E-state index is 5.00. The Morgan fingerprint density at radius 2 is 2.18 bits per heavy atom. The molecule has 1 N–H and O–H groups in total. The van der Waals surface area contributed by atoms with Crippen LogP contribution in [0.25, 0.3) is 11.0 Å². The molecule has 1 heterocycles. The van der Waals surface area contributed by atoms with Gasteiger partial charge in [-0.1, -0.05) is 12.1 Å². The monoisotopic (exact) mass is 233 g/mol. The second kappa shape index (κ2) is 6.37. The predicted octanol–water partition coefficient (Wildman–Crippen LogP) is 1.66. The number of rotatable bonds is 7. The lowest BCUT2D eigenvalue weighted by Crippen LogP contribution is -2.21. The number of fused-ring (bicyclic) bond motifs is 1. The Bertz CT molecular complexity index is 453. The summed E-state index contributed by atoms with van der Waals surface area (Å²) >= 11 is 0.